The number of carbonyl (C=O) groups excluding carboxylic acids is 1. The highest BCUT2D eigenvalue weighted by Gasteiger charge is 2.17. The highest BCUT2D eigenvalue weighted by Crippen LogP contribution is 2.09. The van der Waals surface area contributed by atoms with Crippen molar-refractivity contribution in [2.45, 2.75) is 26.4 Å². The number of halogens is 1. The second-order valence-electron chi connectivity index (χ2n) is 3.75. The van der Waals surface area contributed by atoms with Gasteiger partial charge in [-0.05, 0) is 43.4 Å². The van der Waals surface area contributed by atoms with Gasteiger partial charge in [0.15, 0.2) is 0 Å². The van der Waals surface area contributed by atoms with Crippen LogP contribution in [0.2, 0.25) is 0 Å². The molecule has 0 saturated heterocycles. The number of hydrogen-bond acceptors (Lipinski definition) is 4. The predicted molar refractivity (Wildman–Crippen MR) is 68.3 cm³/mol. The number of amides is 1. The molecule has 0 aliphatic heterocycles. The Labute approximate surface area is 103 Å². The first-order valence-electron chi connectivity index (χ1n) is 4.38. The zero-order chi connectivity index (χ0) is 12.1. The third kappa shape index (κ3) is 6.32. The van der Waals surface area contributed by atoms with Crippen LogP contribution in [0.3, 0.4) is 0 Å². The lowest BCUT2D eigenvalue weighted by Gasteiger charge is -2.20. The van der Waals surface area contributed by atoms with Crippen molar-refractivity contribution in [1.29, 1.82) is 5.41 Å². The quantitative estimate of drug-likeness (QED) is 0.422. The van der Waals surface area contributed by atoms with E-state index in [2.05, 4.69) is 10.6 Å². The summed E-state index contributed by atoms with van der Waals surface area (Å²) in [4.78, 5) is 11.3. The Hall–Kier alpha value is -0.790. The highest BCUT2D eigenvalue weighted by molar-refractivity contribution is 14.1. The molecule has 0 saturated carbocycles. The molecule has 0 aliphatic rings. The van der Waals surface area contributed by atoms with Gasteiger partial charge in [-0.1, -0.05) is 0 Å². The Balaban J connectivity index is 4.46. The molecule has 86 valence electrons. The maximum Gasteiger partial charge on any atom is 0.412 e. The molecule has 0 heterocycles. The van der Waals surface area contributed by atoms with Gasteiger partial charge in [0.05, 0.1) is 9.40 Å². The third-order valence-corrected chi connectivity index (χ3v) is 2.36. The molecule has 0 rings (SSSR count). The van der Waals surface area contributed by atoms with Gasteiger partial charge in [-0.25, -0.2) is 4.79 Å². The van der Waals surface area contributed by atoms with Crippen molar-refractivity contribution in [1.82, 2.24) is 10.6 Å². The van der Waals surface area contributed by atoms with Crippen LogP contribution in [0.15, 0.2) is 9.40 Å². The van der Waals surface area contributed by atoms with E-state index >= 15 is 0 Å². The second kappa shape index (κ2) is 5.94. The molecule has 0 fully saturated rings. The van der Waals surface area contributed by atoms with Gasteiger partial charge in [-0.2, -0.15) is 0 Å². The van der Waals surface area contributed by atoms with Crippen LogP contribution in [-0.4, -0.2) is 25.0 Å². The van der Waals surface area contributed by atoms with E-state index in [4.69, 9.17) is 10.1 Å². The van der Waals surface area contributed by atoms with Gasteiger partial charge in [0.2, 0.25) is 0 Å². The minimum absolute atomic E-state index is 0.382. The molecule has 0 aromatic rings. The van der Waals surface area contributed by atoms with E-state index in [0.717, 1.165) is 6.21 Å². The SMILES string of the molecule is CN/C(I)=C(\C=N)NC(=O)OC(C)(C)C. The van der Waals surface area contributed by atoms with E-state index < -0.39 is 11.7 Å². The minimum Gasteiger partial charge on any atom is -0.444 e. The van der Waals surface area contributed by atoms with Gasteiger partial charge in [0.1, 0.15) is 5.60 Å². The topological polar surface area (TPSA) is 74.2 Å². The van der Waals surface area contributed by atoms with Gasteiger partial charge < -0.3 is 15.5 Å². The molecular weight excluding hydrogens is 309 g/mol. The molecule has 0 aliphatic carbocycles. The molecule has 1 amide bonds. The van der Waals surface area contributed by atoms with Gasteiger partial charge in [0, 0.05) is 13.3 Å². The minimum atomic E-state index is -0.564. The second-order valence-corrected chi connectivity index (χ2v) is 4.83. The van der Waals surface area contributed by atoms with Crippen LogP contribution in [0.25, 0.3) is 0 Å². The summed E-state index contributed by atoms with van der Waals surface area (Å²) in [6, 6.07) is 0. The number of carbonyl (C=O) groups is 1. The lowest BCUT2D eigenvalue weighted by molar-refractivity contribution is 0.0549. The molecule has 0 bridgehead atoms. The number of nitrogens with one attached hydrogen (secondary N) is 3. The summed E-state index contributed by atoms with van der Waals surface area (Å²) in [5.41, 5.74) is -0.158. The highest BCUT2D eigenvalue weighted by atomic mass is 127. The van der Waals surface area contributed by atoms with Gasteiger partial charge in [-0.3, -0.25) is 5.32 Å². The van der Waals surface area contributed by atoms with E-state index in [1.807, 2.05) is 22.6 Å². The zero-order valence-corrected chi connectivity index (χ0v) is 11.4. The first-order valence-corrected chi connectivity index (χ1v) is 5.46. The number of allylic oxidation sites excluding steroid dienone is 1. The lowest BCUT2D eigenvalue weighted by Crippen LogP contribution is -2.33. The standard InChI is InChI=1S/C9H16IN3O2/c1-9(2,3)15-8(14)13-6(5-11)7(10)12-4/h5,11-12H,1-4H3,(H,13,14)/b7-6+,11-5?. The number of ether oxygens (including phenoxy) is 1. The van der Waals surface area contributed by atoms with Crippen LogP contribution in [0.4, 0.5) is 4.79 Å². The third-order valence-electron chi connectivity index (χ3n) is 1.24. The van der Waals surface area contributed by atoms with Crippen LogP contribution < -0.4 is 10.6 Å². The first-order chi connectivity index (χ1) is 6.80. The number of alkyl carbamates (subject to hydrolysis) is 1. The fraction of sp³-hybridized carbons (Fsp3) is 0.556. The number of rotatable bonds is 3. The van der Waals surface area contributed by atoms with Crippen molar-refractivity contribution in [3.8, 4) is 0 Å². The van der Waals surface area contributed by atoms with Crippen LogP contribution in [0.5, 0.6) is 0 Å². The maximum absolute atomic E-state index is 11.3. The van der Waals surface area contributed by atoms with Gasteiger partial charge in [-0.15, -0.1) is 0 Å². The van der Waals surface area contributed by atoms with Crippen LogP contribution >= 0.6 is 22.6 Å². The van der Waals surface area contributed by atoms with Crippen molar-refractivity contribution in [2.24, 2.45) is 0 Å². The van der Waals surface area contributed by atoms with E-state index in [-0.39, 0.29) is 0 Å². The van der Waals surface area contributed by atoms with Crippen molar-refractivity contribution >= 4 is 34.9 Å². The predicted octanol–water partition coefficient (Wildman–Crippen LogP) is 1.98. The molecule has 0 atom stereocenters. The van der Waals surface area contributed by atoms with Gasteiger partial charge in [0.25, 0.3) is 0 Å². The van der Waals surface area contributed by atoms with Crippen molar-refractivity contribution in [3.63, 3.8) is 0 Å². The van der Waals surface area contributed by atoms with E-state index in [1.165, 1.54) is 0 Å². The molecule has 0 aromatic heterocycles. The molecule has 0 aromatic carbocycles. The van der Waals surface area contributed by atoms with Crippen LogP contribution in [-0.2, 0) is 4.74 Å². The smallest absolute Gasteiger partial charge is 0.412 e. The fourth-order valence-corrected chi connectivity index (χ4v) is 0.993. The monoisotopic (exact) mass is 325 g/mol. The van der Waals surface area contributed by atoms with E-state index in [0.29, 0.717) is 9.40 Å². The summed E-state index contributed by atoms with van der Waals surface area (Å²) in [6.07, 6.45) is 0.493. The molecule has 5 nitrogen and oxygen atoms in total. The van der Waals surface area contributed by atoms with Crippen molar-refractivity contribution < 1.29 is 9.53 Å². The Bertz CT molecular complexity index is 282. The Morgan fingerprint density at radius 3 is 2.33 bits per heavy atom. The summed E-state index contributed by atoms with van der Waals surface area (Å²) < 4.78 is 5.72. The Kier molecular flexibility index (Phi) is 5.63. The van der Waals surface area contributed by atoms with Crippen molar-refractivity contribution in [2.75, 3.05) is 7.05 Å². The maximum atomic E-state index is 11.3. The molecule has 15 heavy (non-hydrogen) atoms. The zero-order valence-electron chi connectivity index (χ0n) is 9.27. The normalized spacial score (nSPS) is 12.6. The molecular formula is C9H16IN3O2. The van der Waals surface area contributed by atoms with E-state index in [1.54, 1.807) is 27.8 Å². The molecule has 3 N–H and O–H groups in total. The lowest BCUT2D eigenvalue weighted by atomic mass is 10.2. The average Bonchev–Trinajstić information content (AvgIpc) is 2.10. The largest absolute Gasteiger partial charge is 0.444 e. The molecule has 0 unspecified atom stereocenters. The first kappa shape index (κ1) is 14.2. The molecule has 6 heteroatoms. The summed E-state index contributed by atoms with van der Waals surface area (Å²) in [5, 5.41) is 12.4. The summed E-state index contributed by atoms with van der Waals surface area (Å²) in [7, 11) is 1.71. The Morgan fingerprint density at radius 2 is 2.00 bits per heavy atom. The van der Waals surface area contributed by atoms with Crippen LogP contribution in [0, 0.1) is 5.41 Å². The summed E-state index contributed by atoms with van der Waals surface area (Å²) in [6.45, 7) is 5.34. The van der Waals surface area contributed by atoms with E-state index in [9.17, 15) is 4.79 Å². The molecule has 0 spiro atoms. The average molecular weight is 325 g/mol. The fourth-order valence-electron chi connectivity index (χ4n) is 0.703. The summed E-state index contributed by atoms with van der Waals surface area (Å²) >= 11 is 1.99. The summed E-state index contributed by atoms with van der Waals surface area (Å²) in [5.74, 6) is 0. The van der Waals surface area contributed by atoms with Crippen LogP contribution in [0.1, 0.15) is 20.8 Å². The Morgan fingerprint density at radius 1 is 1.47 bits per heavy atom. The molecule has 0 radical (unpaired) electrons. The van der Waals surface area contributed by atoms with Crippen molar-refractivity contribution in [3.05, 3.63) is 9.40 Å². The van der Waals surface area contributed by atoms with Gasteiger partial charge >= 0.3 is 6.09 Å². The number of hydrogen-bond donors (Lipinski definition) is 3.